The minimum Gasteiger partial charge on any atom is -0.492 e. The summed E-state index contributed by atoms with van der Waals surface area (Å²) in [6.45, 7) is 16.1. The highest BCUT2D eigenvalue weighted by atomic mass is 16.6. The smallest absolute Gasteiger partial charge is 0.243 e. The van der Waals surface area contributed by atoms with Crippen molar-refractivity contribution < 1.29 is 14.5 Å². The number of amides is 1. The van der Waals surface area contributed by atoms with Crippen LogP contribution < -0.4 is 4.74 Å². The van der Waals surface area contributed by atoms with Gasteiger partial charge in [-0.2, -0.15) is 0 Å². The first-order valence-corrected chi connectivity index (χ1v) is 12.0. The van der Waals surface area contributed by atoms with Gasteiger partial charge in [-0.1, -0.05) is 61.7 Å². The highest BCUT2D eigenvalue weighted by Crippen LogP contribution is 2.41. The zero-order valence-electron chi connectivity index (χ0n) is 21.0. The Morgan fingerprint density at radius 1 is 1.00 bits per heavy atom. The molecule has 2 aromatic carbocycles. The van der Waals surface area contributed by atoms with E-state index in [1.165, 1.54) is 6.92 Å². The van der Waals surface area contributed by atoms with Gasteiger partial charge < -0.3 is 9.64 Å². The third-order valence-electron chi connectivity index (χ3n) is 6.24. The molecule has 0 saturated carbocycles. The molecule has 188 valence electrons. The number of ether oxygens (including phenoxy) is 1. The van der Waals surface area contributed by atoms with E-state index < -0.39 is 4.92 Å². The van der Waals surface area contributed by atoms with E-state index >= 15 is 0 Å². The van der Waals surface area contributed by atoms with E-state index in [0.29, 0.717) is 6.61 Å². The average Bonchev–Trinajstić information content (AvgIpc) is 3.16. The molecule has 7 nitrogen and oxygen atoms in total. The van der Waals surface area contributed by atoms with Crippen LogP contribution in [0.15, 0.2) is 91.2 Å². The van der Waals surface area contributed by atoms with Gasteiger partial charge in [-0.15, -0.1) is 0 Å². The van der Waals surface area contributed by atoms with E-state index in [2.05, 4.69) is 18.1 Å². The molecular formula is C29H33N3O4. The molecule has 0 N–H and O–H groups in total. The second kappa shape index (κ2) is 12.7. The summed E-state index contributed by atoms with van der Waals surface area (Å²) in [7, 11) is 0. The highest BCUT2D eigenvalue weighted by Gasteiger charge is 2.23. The topological polar surface area (TPSA) is 75.9 Å². The lowest BCUT2D eigenvalue weighted by molar-refractivity contribution is -0.424. The first kappa shape index (κ1) is 26.6. The molecule has 36 heavy (non-hydrogen) atoms. The summed E-state index contributed by atoms with van der Waals surface area (Å²) < 4.78 is 5.66. The van der Waals surface area contributed by atoms with Crippen molar-refractivity contribution in [3.63, 3.8) is 0 Å². The molecule has 2 aromatic rings. The monoisotopic (exact) mass is 487 g/mol. The fourth-order valence-corrected chi connectivity index (χ4v) is 4.18. The molecule has 1 aliphatic carbocycles. The van der Waals surface area contributed by atoms with Crippen LogP contribution in [0.2, 0.25) is 0 Å². The van der Waals surface area contributed by atoms with Gasteiger partial charge in [0.2, 0.25) is 11.6 Å². The number of nitro groups is 1. The Labute approximate surface area is 212 Å². The van der Waals surface area contributed by atoms with Crippen LogP contribution in [0.3, 0.4) is 0 Å². The van der Waals surface area contributed by atoms with Crippen LogP contribution in [0.25, 0.3) is 11.1 Å². The average molecular weight is 488 g/mol. The molecule has 0 unspecified atom stereocenters. The van der Waals surface area contributed by atoms with Gasteiger partial charge in [-0.05, 0) is 40.0 Å². The van der Waals surface area contributed by atoms with Crippen molar-refractivity contribution >= 4 is 17.1 Å². The zero-order chi connectivity index (χ0) is 26.1. The van der Waals surface area contributed by atoms with Crippen LogP contribution in [0.5, 0.6) is 5.75 Å². The maximum atomic E-state index is 11.2. The van der Waals surface area contributed by atoms with Crippen molar-refractivity contribution in [2.75, 3.05) is 39.3 Å². The van der Waals surface area contributed by atoms with E-state index in [1.54, 1.807) is 19.1 Å². The molecule has 0 bridgehead atoms. The SMILES string of the molecule is C=CC1=C(/C=C(\C)[N+](=O)[O-])C(=C)c2ccccc21.CC(=O)N1CCN(CCOc2ccccc2)CC1. The lowest BCUT2D eigenvalue weighted by Gasteiger charge is -2.34. The number of fused-ring (bicyclic) bond motifs is 1. The normalized spacial score (nSPS) is 15.7. The van der Waals surface area contributed by atoms with Crippen LogP contribution in [-0.4, -0.2) is 60.0 Å². The maximum absolute atomic E-state index is 11.2. The maximum Gasteiger partial charge on any atom is 0.243 e. The third-order valence-corrected chi connectivity index (χ3v) is 6.24. The Hall–Kier alpha value is -3.97. The molecule has 1 saturated heterocycles. The molecular weight excluding hydrogens is 454 g/mol. The van der Waals surface area contributed by atoms with E-state index in [1.807, 2.05) is 59.5 Å². The minimum atomic E-state index is -0.399. The molecule has 1 fully saturated rings. The number of allylic oxidation sites excluding steroid dienone is 6. The van der Waals surface area contributed by atoms with Gasteiger partial charge in [-0.3, -0.25) is 19.8 Å². The molecule has 1 heterocycles. The molecule has 4 rings (SSSR count). The molecule has 0 atom stereocenters. The summed E-state index contributed by atoms with van der Waals surface area (Å²) in [6, 6.07) is 17.7. The molecule has 1 amide bonds. The Morgan fingerprint density at radius 3 is 2.19 bits per heavy atom. The standard InChI is InChI=1S/C15H13NO2.C14H20N2O2/c1-4-12-14-8-6-5-7-13(14)11(3)15(12)9-10(2)16(17)18;1-13(17)16-9-7-15(8-10-16)11-12-18-14-5-3-2-4-6-14/h4-9H,1,3H2,2H3;2-6H,7-12H2,1H3/b10-9+;. The quantitative estimate of drug-likeness (QED) is 0.403. The second-order valence-corrected chi connectivity index (χ2v) is 8.61. The van der Waals surface area contributed by atoms with E-state index in [4.69, 9.17) is 4.74 Å². The Bertz CT molecular complexity index is 1180. The largest absolute Gasteiger partial charge is 0.492 e. The van der Waals surface area contributed by atoms with Crippen LogP contribution >= 0.6 is 0 Å². The van der Waals surface area contributed by atoms with Crippen LogP contribution in [0, 0.1) is 10.1 Å². The summed E-state index contributed by atoms with van der Waals surface area (Å²) in [6.07, 6.45) is 3.27. The van der Waals surface area contributed by atoms with Gasteiger partial charge in [0.1, 0.15) is 12.4 Å². The number of benzene rings is 2. The van der Waals surface area contributed by atoms with Crippen molar-refractivity contribution in [1.29, 1.82) is 0 Å². The Balaban J connectivity index is 0.000000201. The number of carbonyl (C=O) groups excluding carboxylic acids is 1. The summed E-state index contributed by atoms with van der Waals surface area (Å²) in [5.74, 6) is 1.09. The van der Waals surface area contributed by atoms with Crippen molar-refractivity contribution in [2.24, 2.45) is 0 Å². The van der Waals surface area contributed by atoms with Crippen molar-refractivity contribution in [3.05, 3.63) is 112 Å². The summed E-state index contributed by atoms with van der Waals surface area (Å²) in [4.78, 5) is 25.7. The minimum absolute atomic E-state index is 0.0957. The number of carbonyl (C=O) groups is 1. The number of rotatable bonds is 7. The Morgan fingerprint density at radius 2 is 1.61 bits per heavy atom. The van der Waals surface area contributed by atoms with Crippen molar-refractivity contribution in [2.45, 2.75) is 13.8 Å². The lowest BCUT2D eigenvalue weighted by Crippen LogP contribution is -2.48. The van der Waals surface area contributed by atoms with Gasteiger partial charge in [0.25, 0.3) is 0 Å². The molecule has 1 aliphatic heterocycles. The van der Waals surface area contributed by atoms with Crippen LogP contribution in [-0.2, 0) is 4.79 Å². The van der Waals surface area contributed by atoms with Crippen molar-refractivity contribution in [1.82, 2.24) is 9.80 Å². The molecule has 2 aliphatic rings. The fourth-order valence-electron chi connectivity index (χ4n) is 4.18. The van der Waals surface area contributed by atoms with Gasteiger partial charge in [0.15, 0.2) is 0 Å². The van der Waals surface area contributed by atoms with Gasteiger partial charge in [0.05, 0.1) is 4.92 Å². The third kappa shape index (κ3) is 6.79. The molecule has 0 spiro atoms. The van der Waals surface area contributed by atoms with E-state index in [0.717, 1.165) is 66.3 Å². The van der Waals surface area contributed by atoms with Crippen LogP contribution in [0.1, 0.15) is 25.0 Å². The van der Waals surface area contributed by atoms with Gasteiger partial charge in [0, 0.05) is 52.6 Å². The van der Waals surface area contributed by atoms with Gasteiger partial charge in [-0.25, -0.2) is 0 Å². The summed E-state index contributed by atoms with van der Waals surface area (Å²) in [5.41, 5.74) is 4.62. The fraction of sp³-hybridized carbons (Fsp3) is 0.276. The highest BCUT2D eigenvalue weighted by molar-refractivity contribution is 6.04. The van der Waals surface area contributed by atoms with Crippen molar-refractivity contribution in [3.8, 4) is 5.75 Å². The number of hydrogen-bond acceptors (Lipinski definition) is 5. The number of piperazine rings is 1. The summed E-state index contributed by atoms with van der Waals surface area (Å²) in [5, 5.41) is 10.7. The first-order valence-electron chi connectivity index (χ1n) is 12.0. The Kier molecular flexibility index (Phi) is 9.36. The predicted octanol–water partition coefficient (Wildman–Crippen LogP) is 5.06. The summed E-state index contributed by atoms with van der Waals surface area (Å²) >= 11 is 0. The molecule has 7 heteroatoms. The molecule has 0 radical (unpaired) electrons. The number of hydrogen-bond donors (Lipinski definition) is 0. The van der Waals surface area contributed by atoms with Gasteiger partial charge >= 0.3 is 0 Å². The zero-order valence-corrected chi connectivity index (χ0v) is 21.0. The van der Waals surface area contributed by atoms with Crippen LogP contribution in [0.4, 0.5) is 0 Å². The first-order chi connectivity index (χ1) is 17.3. The second-order valence-electron chi connectivity index (χ2n) is 8.61. The lowest BCUT2D eigenvalue weighted by atomic mass is 10.0. The predicted molar refractivity (Wildman–Crippen MR) is 144 cm³/mol. The number of para-hydroxylation sites is 1. The van der Waals surface area contributed by atoms with E-state index in [9.17, 15) is 14.9 Å². The number of nitrogens with zero attached hydrogens (tertiary/aromatic N) is 3. The van der Waals surface area contributed by atoms with E-state index in [-0.39, 0.29) is 11.6 Å². The molecule has 0 aromatic heterocycles.